The first-order chi connectivity index (χ1) is 11.5. The predicted octanol–water partition coefficient (Wildman–Crippen LogP) is 4.64. The fraction of sp³-hybridized carbons (Fsp3) is 0.118. The normalized spacial score (nSPS) is 11.3. The molecule has 2 aromatic heterocycles. The van der Waals surface area contributed by atoms with E-state index in [0.29, 0.717) is 5.82 Å². The lowest BCUT2D eigenvalue weighted by molar-refractivity contribution is -0.274. The molecule has 2 N–H and O–H groups in total. The van der Waals surface area contributed by atoms with Gasteiger partial charge < -0.3 is 15.0 Å². The Kier molecular flexibility index (Phi) is 4.41. The Morgan fingerprint density at radius 3 is 2.54 bits per heavy atom. The van der Waals surface area contributed by atoms with Gasteiger partial charge in [-0.15, -0.1) is 13.2 Å². The van der Waals surface area contributed by atoms with E-state index in [1.807, 2.05) is 24.5 Å². The highest BCUT2D eigenvalue weighted by Gasteiger charge is 2.32. The minimum atomic E-state index is -4.74. The molecule has 1 aromatic carbocycles. The van der Waals surface area contributed by atoms with E-state index in [9.17, 15) is 13.2 Å². The molecule has 0 aliphatic rings. The summed E-state index contributed by atoms with van der Waals surface area (Å²) in [6.07, 6.45) is 1.41. The zero-order valence-electron chi connectivity index (χ0n) is 12.5. The van der Waals surface area contributed by atoms with E-state index < -0.39 is 6.36 Å². The van der Waals surface area contributed by atoms with E-state index >= 15 is 0 Å². The van der Waals surface area contributed by atoms with Crippen molar-refractivity contribution in [1.29, 1.82) is 0 Å². The molecule has 2 heterocycles. The minimum Gasteiger partial charge on any atom is -0.404 e. The molecule has 124 valence electrons. The van der Waals surface area contributed by atoms with Crippen molar-refractivity contribution in [2.75, 3.05) is 5.32 Å². The van der Waals surface area contributed by atoms with E-state index in [2.05, 4.69) is 20.0 Å². The molecule has 0 radical (unpaired) electrons. The molecule has 24 heavy (non-hydrogen) atoms. The number of H-pyrrole nitrogens is 1. The van der Waals surface area contributed by atoms with Gasteiger partial charge >= 0.3 is 6.36 Å². The van der Waals surface area contributed by atoms with Gasteiger partial charge in [0.05, 0.1) is 5.69 Å². The standard InChI is InChI=1S/C17H14F3N3O/c18-17(19,20)24-15-4-2-1-3-14(15)23-16-6-5-12(11-22-16)9-13-7-8-21-10-13/h1-8,10-11,21H,9H2,(H,22,23). The van der Waals surface area contributed by atoms with Gasteiger partial charge in [-0.1, -0.05) is 18.2 Å². The Morgan fingerprint density at radius 1 is 1.04 bits per heavy atom. The number of anilines is 2. The zero-order valence-corrected chi connectivity index (χ0v) is 12.5. The summed E-state index contributed by atoms with van der Waals surface area (Å²) in [7, 11) is 0. The molecule has 0 aliphatic carbocycles. The maximum Gasteiger partial charge on any atom is 0.573 e. The monoisotopic (exact) mass is 333 g/mol. The fourth-order valence-corrected chi connectivity index (χ4v) is 2.23. The smallest absolute Gasteiger partial charge is 0.404 e. The SMILES string of the molecule is FC(F)(F)Oc1ccccc1Nc1ccc(Cc2cc[nH]c2)cn1. The molecular weight excluding hydrogens is 319 g/mol. The van der Waals surface area contributed by atoms with Gasteiger partial charge in [0.25, 0.3) is 0 Å². The van der Waals surface area contributed by atoms with Crippen LogP contribution in [0.15, 0.2) is 61.1 Å². The molecule has 0 amide bonds. The van der Waals surface area contributed by atoms with Gasteiger partial charge in [-0.05, 0) is 35.4 Å². The van der Waals surface area contributed by atoms with Crippen molar-refractivity contribution in [3.63, 3.8) is 0 Å². The molecule has 0 bridgehead atoms. The average Bonchev–Trinajstić information content (AvgIpc) is 3.03. The van der Waals surface area contributed by atoms with Crippen LogP contribution in [0.2, 0.25) is 0 Å². The Morgan fingerprint density at radius 2 is 1.88 bits per heavy atom. The molecule has 3 aromatic rings. The van der Waals surface area contributed by atoms with Gasteiger partial charge in [0.2, 0.25) is 0 Å². The number of nitrogens with zero attached hydrogens (tertiary/aromatic N) is 1. The van der Waals surface area contributed by atoms with Crippen LogP contribution < -0.4 is 10.1 Å². The number of halogens is 3. The Hall–Kier alpha value is -2.96. The second-order valence-corrected chi connectivity index (χ2v) is 5.12. The van der Waals surface area contributed by atoms with Gasteiger partial charge in [0.15, 0.2) is 5.75 Å². The maximum absolute atomic E-state index is 12.4. The number of aromatic nitrogens is 2. The zero-order chi connectivity index (χ0) is 17.0. The van der Waals surface area contributed by atoms with E-state index in [0.717, 1.165) is 17.5 Å². The summed E-state index contributed by atoms with van der Waals surface area (Å²) in [6, 6.07) is 11.4. The van der Waals surface area contributed by atoms with Crippen LogP contribution in [-0.2, 0) is 6.42 Å². The highest BCUT2D eigenvalue weighted by molar-refractivity contribution is 5.64. The van der Waals surface area contributed by atoms with Crippen LogP contribution in [0.25, 0.3) is 0 Å². The molecule has 0 spiro atoms. The summed E-state index contributed by atoms with van der Waals surface area (Å²) in [5.41, 5.74) is 2.32. The van der Waals surface area contributed by atoms with Crippen LogP contribution in [0.3, 0.4) is 0 Å². The third kappa shape index (κ3) is 4.28. The first-order valence-corrected chi connectivity index (χ1v) is 7.18. The van der Waals surface area contributed by atoms with Gasteiger partial charge in [-0.2, -0.15) is 0 Å². The molecule has 0 fully saturated rings. The summed E-state index contributed by atoms with van der Waals surface area (Å²) in [6.45, 7) is 0. The van der Waals surface area contributed by atoms with Crippen LogP contribution in [0.1, 0.15) is 11.1 Å². The van der Waals surface area contributed by atoms with Crippen molar-refractivity contribution in [1.82, 2.24) is 9.97 Å². The number of benzene rings is 1. The van der Waals surface area contributed by atoms with Crippen molar-refractivity contribution < 1.29 is 17.9 Å². The highest BCUT2D eigenvalue weighted by atomic mass is 19.4. The quantitative estimate of drug-likeness (QED) is 0.715. The van der Waals surface area contributed by atoms with Crippen molar-refractivity contribution >= 4 is 11.5 Å². The van der Waals surface area contributed by atoms with Gasteiger partial charge in [0, 0.05) is 25.0 Å². The van der Waals surface area contributed by atoms with Crippen molar-refractivity contribution in [2.45, 2.75) is 12.8 Å². The highest BCUT2D eigenvalue weighted by Crippen LogP contribution is 2.31. The van der Waals surface area contributed by atoms with Crippen molar-refractivity contribution in [3.8, 4) is 5.75 Å². The van der Waals surface area contributed by atoms with E-state index in [1.54, 1.807) is 18.3 Å². The Labute approximate surface area is 136 Å². The molecular formula is C17H14F3N3O. The first-order valence-electron chi connectivity index (χ1n) is 7.18. The molecule has 0 saturated heterocycles. The second kappa shape index (κ2) is 6.66. The van der Waals surface area contributed by atoms with E-state index in [-0.39, 0.29) is 11.4 Å². The number of hydrogen-bond donors (Lipinski definition) is 2. The summed E-state index contributed by atoms with van der Waals surface area (Å²) in [5, 5.41) is 2.84. The molecule has 4 nitrogen and oxygen atoms in total. The average molecular weight is 333 g/mol. The van der Waals surface area contributed by atoms with E-state index in [1.165, 1.54) is 18.2 Å². The number of hydrogen-bond acceptors (Lipinski definition) is 3. The summed E-state index contributed by atoms with van der Waals surface area (Å²) < 4.78 is 41.3. The molecule has 0 aliphatic heterocycles. The van der Waals surface area contributed by atoms with Gasteiger partial charge in [-0.3, -0.25) is 0 Å². The molecule has 0 unspecified atom stereocenters. The lowest BCUT2D eigenvalue weighted by Crippen LogP contribution is -2.17. The van der Waals surface area contributed by atoms with Crippen LogP contribution in [-0.4, -0.2) is 16.3 Å². The molecule has 3 rings (SSSR count). The Balaban J connectivity index is 1.72. The second-order valence-electron chi connectivity index (χ2n) is 5.12. The van der Waals surface area contributed by atoms with Crippen LogP contribution >= 0.6 is 0 Å². The first kappa shape index (κ1) is 15.9. The number of nitrogens with one attached hydrogen (secondary N) is 2. The lowest BCUT2D eigenvalue weighted by atomic mass is 10.1. The third-order valence-electron chi connectivity index (χ3n) is 3.27. The lowest BCUT2D eigenvalue weighted by Gasteiger charge is -2.14. The largest absolute Gasteiger partial charge is 0.573 e. The van der Waals surface area contributed by atoms with Crippen LogP contribution in [0, 0.1) is 0 Å². The number of aromatic amines is 1. The number of pyridine rings is 1. The fourth-order valence-electron chi connectivity index (χ4n) is 2.23. The third-order valence-corrected chi connectivity index (χ3v) is 3.27. The number of rotatable bonds is 5. The number of ether oxygens (including phenoxy) is 1. The van der Waals surface area contributed by atoms with Crippen LogP contribution in [0.5, 0.6) is 5.75 Å². The predicted molar refractivity (Wildman–Crippen MR) is 84.2 cm³/mol. The molecule has 7 heteroatoms. The Bertz CT molecular complexity index is 784. The molecule has 0 saturated carbocycles. The topological polar surface area (TPSA) is 49.9 Å². The maximum atomic E-state index is 12.4. The minimum absolute atomic E-state index is 0.195. The summed E-state index contributed by atoms with van der Waals surface area (Å²) in [4.78, 5) is 7.21. The molecule has 0 atom stereocenters. The van der Waals surface area contributed by atoms with Crippen LogP contribution in [0.4, 0.5) is 24.7 Å². The number of alkyl halides is 3. The summed E-state index contributed by atoms with van der Waals surface area (Å²) in [5.74, 6) is 0.134. The van der Waals surface area contributed by atoms with Gasteiger partial charge in [0.1, 0.15) is 5.82 Å². The van der Waals surface area contributed by atoms with Crippen molar-refractivity contribution in [2.24, 2.45) is 0 Å². The van der Waals surface area contributed by atoms with Crippen molar-refractivity contribution in [3.05, 3.63) is 72.2 Å². The summed E-state index contributed by atoms with van der Waals surface area (Å²) >= 11 is 0. The van der Waals surface area contributed by atoms with E-state index in [4.69, 9.17) is 0 Å². The van der Waals surface area contributed by atoms with Gasteiger partial charge in [-0.25, -0.2) is 4.98 Å². The number of para-hydroxylation sites is 2.